The number of H-pyrrole nitrogens is 1. The summed E-state index contributed by atoms with van der Waals surface area (Å²) >= 11 is 0. The van der Waals surface area contributed by atoms with Crippen LogP contribution in [0.5, 0.6) is 17.2 Å². The van der Waals surface area contributed by atoms with Crippen molar-refractivity contribution in [1.29, 1.82) is 0 Å². The number of nitrogens with zero attached hydrogens (tertiary/aromatic N) is 2. The molecule has 1 amide bonds. The number of hydrogen-bond acceptors (Lipinski definition) is 6. The fraction of sp³-hybridized carbons (Fsp3) is 0.0870. The molecule has 1 heterocycles. The number of hydrogen-bond donors (Lipinski definition) is 4. The Balaban J connectivity index is 1.51. The van der Waals surface area contributed by atoms with Gasteiger partial charge in [0.1, 0.15) is 11.6 Å². The minimum atomic E-state index is -0.419. The van der Waals surface area contributed by atoms with E-state index in [-0.39, 0.29) is 11.5 Å². The highest BCUT2D eigenvalue weighted by atomic mass is 16.5. The third kappa shape index (κ3) is 4.18. The Morgan fingerprint density at radius 2 is 2.00 bits per heavy atom. The fourth-order valence-electron chi connectivity index (χ4n) is 3.09. The summed E-state index contributed by atoms with van der Waals surface area (Å²) in [5.74, 6) is 0.511. The number of benzene rings is 3. The van der Waals surface area contributed by atoms with Crippen LogP contribution in [0.3, 0.4) is 0 Å². The molecule has 0 unspecified atom stereocenters. The molecule has 31 heavy (non-hydrogen) atoms. The number of para-hydroxylation sites is 2. The van der Waals surface area contributed by atoms with Crippen molar-refractivity contribution in [2.24, 2.45) is 5.10 Å². The van der Waals surface area contributed by atoms with Crippen LogP contribution in [0.1, 0.15) is 22.8 Å². The standard InChI is InChI=1S/C23H20N4O4/c1-2-31-20-9-5-6-15(21(20)29)13-24-27-23(30)14-10-11-17-18(12-14)26-22(25-17)16-7-3-4-8-19(16)28/h3-13,28-29H,2H2,1H3,(H,25,26)(H,27,30)/b24-13+. The van der Waals surface area contributed by atoms with Gasteiger partial charge in [-0.15, -0.1) is 0 Å². The van der Waals surface area contributed by atoms with Crippen LogP contribution >= 0.6 is 0 Å². The maximum atomic E-state index is 12.5. The monoisotopic (exact) mass is 416 g/mol. The first-order valence-corrected chi connectivity index (χ1v) is 9.63. The fourth-order valence-corrected chi connectivity index (χ4v) is 3.09. The highest BCUT2D eigenvalue weighted by Gasteiger charge is 2.12. The van der Waals surface area contributed by atoms with Crippen LogP contribution in [0.2, 0.25) is 0 Å². The molecule has 0 fully saturated rings. The number of hydrazone groups is 1. The molecule has 0 aliphatic rings. The Kier molecular flexibility index (Phi) is 5.53. The number of ether oxygens (including phenoxy) is 1. The summed E-state index contributed by atoms with van der Waals surface area (Å²) in [5, 5.41) is 24.1. The van der Waals surface area contributed by atoms with E-state index in [4.69, 9.17) is 4.74 Å². The number of aromatic hydroxyl groups is 2. The van der Waals surface area contributed by atoms with Crippen LogP contribution in [-0.2, 0) is 0 Å². The zero-order valence-corrected chi connectivity index (χ0v) is 16.7. The van der Waals surface area contributed by atoms with Crippen molar-refractivity contribution in [2.75, 3.05) is 6.61 Å². The molecule has 0 radical (unpaired) electrons. The Hall–Kier alpha value is -4.33. The molecule has 4 N–H and O–H groups in total. The van der Waals surface area contributed by atoms with Crippen molar-refractivity contribution >= 4 is 23.2 Å². The second-order valence-electron chi connectivity index (χ2n) is 6.66. The maximum absolute atomic E-state index is 12.5. The van der Waals surface area contributed by atoms with Crippen LogP contribution in [0.4, 0.5) is 0 Å². The molecule has 3 aromatic carbocycles. The molecular formula is C23H20N4O4. The van der Waals surface area contributed by atoms with E-state index in [2.05, 4.69) is 20.5 Å². The third-order valence-corrected chi connectivity index (χ3v) is 4.60. The molecule has 0 aliphatic heterocycles. The highest BCUT2D eigenvalue weighted by Crippen LogP contribution is 2.29. The van der Waals surface area contributed by atoms with Gasteiger partial charge in [-0.2, -0.15) is 5.10 Å². The van der Waals surface area contributed by atoms with E-state index >= 15 is 0 Å². The molecule has 4 aromatic rings. The van der Waals surface area contributed by atoms with E-state index in [1.807, 2.05) is 6.92 Å². The molecule has 0 aliphatic carbocycles. The summed E-state index contributed by atoms with van der Waals surface area (Å²) in [7, 11) is 0. The summed E-state index contributed by atoms with van der Waals surface area (Å²) < 4.78 is 5.33. The Morgan fingerprint density at radius 1 is 1.16 bits per heavy atom. The number of amides is 1. The third-order valence-electron chi connectivity index (χ3n) is 4.60. The Labute approximate surface area is 177 Å². The van der Waals surface area contributed by atoms with Gasteiger partial charge in [0.05, 0.1) is 29.4 Å². The second-order valence-corrected chi connectivity index (χ2v) is 6.66. The molecule has 0 bridgehead atoms. The number of rotatable bonds is 6. The summed E-state index contributed by atoms with van der Waals surface area (Å²) in [4.78, 5) is 20.1. The van der Waals surface area contributed by atoms with Crippen LogP contribution in [0.15, 0.2) is 65.8 Å². The van der Waals surface area contributed by atoms with Crippen molar-refractivity contribution in [3.63, 3.8) is 0 Å². The number of fused-ring (bicyclic) bond motifs is 1. The number of carbonyl (C=O) groups is 1. The average molecular weight is 416 g/mol. The maximum Gasteiger partial charge on any atom is 0.271 e. The molecule has 8 heteroatoms. The van der Waals surface area contributed by atoms with Gasteiger partial charge in [-0.25, -0.2) is 10.4 Å². The molecule has 0 saturated carbocycles. The minimum absolute atomic E-state index is 0.0436. The average Bonchev–Trinajstić information content (AvgIpc) is 3.19. The number of nitrogens with one attached hydrogen (secondary N) is 2. The van der Waals surface area contributed by atoms with Crippen molar-refractivity contribution in [3.05, 3.63) is 71.8 Å². The van der Waals surface area contributed by atoms with E-state index in [0.717, 1.165) is 0 Å². The van der Waals surface area contributed by atoms with Crippen LogP contribution in [0.25, 0.3) is 22.4 Å². The lowest BCUT2D eigenvalue weighted by Gasteiger charge is -2.07. The predicted molar refractivity (Wildman–Crippen MR) is 118 cm³/mol. The number of aromatic amines is 1. The molecule has 0 atom stereocenters. The lowest BCUT2D eigenvalue weighted by atomic mass is 10.2. The van der Waals surface area contributed by atoms with Gasteiger partial charge in [0, 0.05) is 11.1 Å². The SMILES string of the molecule is CCOc1cccc(/C=N/NC(=O)c2ccc3nc(-c4ccccc4O)[nH]c3c2)c1O. The van der Waals surface area contributed by atoms with Crippen molar-refractivity contribution in [3.8, 4) is 28.6 Å². The van der Waals surface area contributed by atoms with Gasteiger partial charge in [0.2, 0.25) is 0 Å². The molecule has 8 nitrogen and oxygen atoms in total. The first-order valence-electron chi connectivity index (χ1n) is 9.63. The molecule has 0 spiro atoms. The second kappa shape index (κ2) is 8.58. The van der Waals surface area contributed by atoms with Gasteiger partial charge in [0.15, 0.2) is 11.5 Å². The van der Waals surface area contributed by atoms with Crippen molar-refractivity contribution in [1.82, 2.24) is 15.4 Å². The number of phenolic OH excluding ortho intramolecular Hbond substituents is 2. The Bertz CT molecular complexity index is 1280. The van der Waals surface area contributed by atoms with Gasteiger partial charge in [0.25, 0.3) is 5.91 Å². The van der Waals surface area contributed by atoms with Crippen LogP contribution in [0, 0.1) is 0 Å². The quantitative estimate of drug-likeness (QED) is 0.281. The van der Waals surface area contributed by atoms with Crippen LogP contribution < -0.4 is 10.2 Å². The topological polar surface area (TPSA) is 120 Å². The van der Waals surface area contributed by atoms with Gasteiger partial charge in [-0.1, -0.05) is 18.2 Å². The van der Waals surface area contributed by atoms with E-state index < -0.39 is 5.91 Å². The van der Waals surface area contributed by atoms with Gasteiger partial charge in [-0.05, 0) is 49.4 Å². The molecule has 1 aromatic heterocycles. The predicted octanol–water partition coefficient (Wildman–Crippen LogP) is 3.80. The summed E-state index contributed by atoms with van der Waals surface area (Å²) in [5.41, 5.74) is 5.13. The van der Waals surface area contributed by atoms with E-state index in [1.165, 1.54) is 6.21 Å². The first kappa shape index (κ1) is 20.0. The normalized spacial score (nSPS) is 11.1. The number of phenols is 2. The van der Waals surface area contributed by atoms with E-state index in [1.54, 1.807) is 60.7 Å². The van der Waals surface area contributed by atoms with Gasteiger partial charge < -0.3 is 19.9 Å². The molecule has 4 rings (SSSR count). The van der Waals surface area contributed by atoms with Gasteiger partial charge >= 0.3 is 0 Å². The van der Waals surface area contributed by atoms with Gasteiger partial charge in [-0.3, -0.25) is 4.79 Å². The van der Waals surface area contributed by atoms with E-state index in [9.17, 15) is 15.0 Å². The first-order chi connectivity index (χ1) is 15.1. The molecular weight excluding hydrogens is 396 g/mol. The number of aromatic nitrogens is 2. The largest absolute Gasteiger partial charge is 0.507 e. The van der Waals surface area contributed by atoms with E-state index in [0.29, 0.717) is 45.9 Å². The molecule has 156 valence electrons. The van der Waals surface area contributed by atoms with Crippen LogP contribution in [-0.4, -0.2) is 38.9 Å². The van der Waals surface area contributed by atoms with Crippen molar-refractivity contribution < 1.29 is 19.7 Å². The number of imidazole rings is 1. The highest BCUT2D eigenvalue weighted by molar-refractivity contribution is 5.98. The summed E-state index contributed by atoms with van der Waals surface area (Å²) in [6.45, 7) is 2.25. The summed E-state index contributed by atoms with van der Waals surface area (Å²) in [6.07, 6.45) is 1.35. The zero-order valence-electron chi connectivity index (χ0n) is 16.7. The lowest BCUT2D eigenvalue weighted by molar-refractivity contribution is 0.0955. The van der Waals surface area contributed by atoms with Crippen molar-refractivity contribution in [2.45, 2.75) is 6.92 Å². The number of carbonyl (C=O) groups excluding carboxylic acids is 1. The lowest BCUT2D eigenvalue weighted by Crippen LogP contribution is -2.17. The Morgan fingerprint density at radius 3 is 2.81 bits per heavy atom. The summed E-state index contributed by atoms with van der Waals surface area (Å²) in [6, 6.07) is 16.9. The minimum Gasteiger partial charge on any atom is -0.507 e. The zero-order chi connectivity index (χ0) is 21.8. The molecule has 0 saturated heterocycles. The smallest absolute Gasteiger partial charge is 0.271 e.